The Labute approximate surface area is 115 Å². The number of aliphatic hydroxyl groups is 1. The van der Waals surface area contributed by atoms with Crippen molar-refractivity contribution in [1.29, 1.82) is 0 Å². The molecule has 2 unspecified atom stereocenters. The van der Waals surface area contributed by atoms with Gasteiger partial charge < -0.3 is 9.84 Å². The smallest absolute Gasteiger partial charge is 0.0629 e. The summed E-state index contributed by atoms with van der Waals surface area (Å²) in [5.41, 5.74) is 3.40. The SMILES string of the molecule is Cc1nn(C)c(C)c1CC(O)CCCC1CCCO1. The zero-order valence-corrected chi connectivity index (χ0v) is 12.4. The summed E-state index contributed by atoms with van der Waals surface area (Å²) in [4.78, 5) is 0. The Kier molecular flexibility index (Phi) is 4.99. The van der Waals surface area contributed by atoms with E-state index in [1.54, 1.807) is 0 Å². The molecule has 108 valence electrons. The fraction of sp³-hybridized carbons (Fsp3) is 0.800. The molecule has 1 saturated heterocycles. The molecule has 4 heteroatoms. The first-order chi connectivity index (χ1) is 9.08. The van der Waals surface area contributed by atoms with Crippen molar-refractivity contribution >= 4 is 0 Å². The lowest BCUT2D eigenvalue weighted by molar-refractivity contribution is 0.0944. The second kappa shape index (κ2) is 6.53. The lowest BCUT2D eigenvalue weighted by Crippen LogP contribution is -2.13. The normalized spacial score (nSPS) is 20.9. The van der Waals surface area contributed by atoms with Gasteiger partial charge in [-0.1, -0.05) is 0 Å². The summed E-state index contributed by atoms with van der Waals surface area (Å²) in [6.07, 6.45) is 6.27. The molecule has 0 aliphatic carbocycles. The highest BCUT2D eigenvalue weighted by molar-refractivity contribution is 5.24. The van der Waals surface area contributed by atoms with Gasteiger partial charge in [-0.25, -0.2) is 0 Å². The van der Waals surface area contributed by atoms with Crippen molar-refractivity contribution in [3.63, 3.8) is 0 Å². The largest absolute Gasteiger partial charge is 0.393 e. The van der Waals surface area contributed by atoms with Crippen LogP contribution in [-0.2, 0) is 18.2 Å². The van der Waals surface area contributed by atoms with Crippen LogP contribution in [0, 0.1) is 13.8 Å². The van der Waals surface area contributed by atoms with Crippen LogP contribution in [0.4, 0.5) is 0 Å². The summed E-state index contributed by atoms with van der Waals surface area (Å²) in [6, 6.07) is 0. The monoisotopic (exact) mass is 266 g/mol. The highest BCUT2D eigenvalue weighted by atomic mass is 16.5. The zero-order chi connectivity index (χ0) is 13.8. The van der Waals surface area contributed by atoms with Gasteiger partial charge >= 0.3 is 0 Å². The van der Waals surface area contributed by atoms with Crippen LogP contribution >= 0.6 is 0 Å². The Hall–Kier alpha value is -0.870. The summed E-state index contributed by atoms with van der Waals surface area (Å²) in [5, 5.41) is 14.5. The molecule has 2 heterocycles. The maximum atomic E-state index is 10.2. The highest BCUT2D eigenvalue weighted by Crippen LogP contribution is 2.20. The fourth-order valence-corrected chi connectivity index (χ4v) is 2.90. The van der Waals surface area contributed by atoms with Crippen LogP contribution in [0.2, 0.25) is 0 Å². The van der Waals surface area contributed by atoms with Gasteiger partial charge in [0, 0.05) is 25.8 Å². The van der Waals surface area contributed by atoms with Gasteiger partial charge in [0.2, 0.25) is 0 Å². The minimum Gasteiger partial charge on any atom is -0.393 e. The van der Waals surface area contributed by atoms with E-state index in [0.717, 1.165) is 43.7 Å². The molecule has 1 aromatic heterocycles. The Morgan fingerprint density at radius 3 is 2.84 bits per heavy atom. The Morgan fingerprint density at radius 1 is 1.47 bits per heavy atom. The van der Waals surface area contributed by atoms with E-state index in [1.807, 2.05) is 18.7 Å². The van der Waals surface area contributed by atoms with Crippen molar-refractivity contribution in [1.82, 2.24) is 9.78 Å². The van der Waals surface area contributed by atoms with Crippen LogP contribution in [0.1, 0.15) is 49.1 Å². The van der Waals surface area contributed by atoms with Crippen LogP contribution < -0.4 is 0 Å². The second-order valence-electron chi connectivity index (χ2n) is 5.70. The van der Waals surface area contributed by atoms with Gasteiger partial charge in [-0.15, -0.1) is 0 Å². The van der Waals surface area contributed by atoms with Crippen LogP contribution in [-0.4, -0.2) is 33.7 Å². The van der Waals surface area contributed by atoms with E-state index in [2.05, 4.69) is 12.0 Å². The Morgan fingerprint density at radius 2 is 2.26 bits per heavy atom. The number of hydrogen-bond donors (Lipinski definition) is 1. The maximum Gasteiger partial charge on any atom is 0.0629 e. The average Bonchev–Trinajstić information content (AvgIpc) is 2.94. The molecule has 0 amide bonds. The molecule has 1 aromatic rings. The number of nitrogens with zero attached hydrogens (tertiary/aromatic N) is 2. The van der Waals surface area contributed by atoms with Gasteiger partial charge in [0.05, 0.1) is 17.9 Å². The molecule has 4 nitrogen and oxygen atoms in total. The van der Waals surface area contributed by atoms with E-state index in [4.69, 9.17) is 4.74 Å². The van der Waals surface area contributed by atoms with E-state index >= 15 is 0 Å². The van der Waals surface area contributed by atoms with Crippen LogP contribution in [0.5, 0.6) is 0 Å². The fourth-order valence-electron chi connectivity index (χ4n) is 2.90. The van der Waals surface area contributed by atoms with Crippen molar-refractivity contribution in [3.8, 4) is 0 Å². The maximum absolute atomic E-state index is 10.2. The predicted octanol–water partition coefficient (Wildman–Crippen LogP) is 2.29. The first-order valence-electron chi connectivity index (χ1n) is 7.36. The molecule has 19 heavy (non-hydrogen) atoms. The number of aromatic nitrogens is 2. The molecule has 0 aromatic carbocycles. The minimum absolute atomic E-state index is 0.261. The number of ether oxygens (including phenoxy) is 1. The molecule has 2 atom stereocenters. The molecular formula is C15H26N2O2. The second-order valence-corrected chi connectivity index (χ2v) is 5.70. The predicted molar refractivity (Wildman–Crippen MR) is 75.2 cm³/mol. The lowest BCUT2D eigenvalue weighted by Gasteiger charge is -2.13. The summed E-state index contributed by atoms with van der Waals surface area (Å²) in [6.45, 7) is 5.00. The summed E-state index contributed by atoms with van der Waals surface area (Å²) >= 11 is 0. The molecule has 0 bridgehead atoms. The molecule has 0 radical (unpaired) electrons. The van der Waals surface area contributed by atoms with Crippen molar-refractivity contribution < 1.29 is 9.84 Å². The minimum atomic E-state index is -0.261. The summed E-state index contributed by atoms with van der Waals surface area (Å²) in [5.74, 6) is 0. The van der Waals surface area contributed by atoms with E-state index in [1.165, 1.54) is 18.4 Å². The van der Waals surface area contributed by atoms with Crippen molar-refractivity contribution in [2.24, 2.45) is 7.05 Å². The number of aryl methyl sites for hydroxylation is 2. The molecule has 1 N–H and O–H groups in total. The highest BCUT2D eigenvalue weighted by Gasteiger charge is 2.17. The van der Waals surface area contributed by atoms with Crippen molar-refractivity contribution in [3.05, 3.63) is 17.0 Å². The molecular weight excluding hydrogens is 240 g/mol. The molecule has 0 saturated carbocycles. The zero-order valence-electron chi connectivity index (χ0n) is 12.4. The molecule has 0 spiro atoms. The third-order valence-corrected chi connectivity index (χ3v) is 4.19. The van der Waals surface area contributed by atoms with Crippen molar-refractivity contribution in [2.45, 2.75) is 64.6 Å². The quantitative estimate of drug-likeness (QED) is 0.859. The van der Waals surface area contributed by atoms with E-state index < -0.39 is 0 Å². The van der Waals surface area contributed by atoms with E-state index in [9.17, 15) is 5.11 Å². The summed E-state index contributed by atoms with van der Waals surface area (Å²) in [7, 11) is 1.95. The molecule has 1 aliphatic rings. The molecule has 2 rings (SSSR count). The summed E-state index contributed by atoms with van der Waals surface area (Å²) < 4.78 is 7.49. The third kappa shape index (κ3) is 3.80. The van der Waals surface area contributed by atoms with Crippen LogP contribution in [0.15, 0.2) is 0 Å². The number of rotatable bonds is 6. The number of aliphatic hydroxyl groups excluding tert-OH is 1. The topological polar surface area (TPSA) is 47.3 Å². The van der Waals surface area contributed by atoms with E-state index in [-0.39, 0.29) is 6.10 Å². The van der Waals surface area contributed by atoms with Gasteiger partial charge in [-0.3, -0.25) is 4.68 Å². The van der Waals surface area contributed by atoms with E-state index in [0.29, 0.717) is 6.10 Å². The van der Waals surface area contributed by atoms with Crippen LogP contribution in [0.3, 0.4) is 0 Å². The van der Waals surface area contributed by atoms with Crippen LogP contribution in [0.25, 0.3) is 0 Å². The molecule has 1 fully saturated rings. The van der Waals surface area contributed by atoms with Gasteiger partial charge in [-0.2, -0.15) is 5.10 Å². The Bertz CT molecular complexity index is 409. The van der Waals surface area contributed by atoms with Gasteiger partial charge in [-0.05, 0) is 51.5 Å². The third-order valence-electron chi connectivity index (χ3n) is 4.19. The standard InChI is InChI=1S/C15H26N2O2/c1-11-15(12(2)17(3)16-11)10-13(18)6-4-7-14-8-5-9-19-14/h13-14,18H,4-10H2,1-3H3. The first kappa shape index (κ1) is 14.5. The first-order valence-corrected chi connectivity index (χ1v) is 7.36. The Balaban J connectivity index is 1.75. The number of hydrogen-bond acceptors (Lipinski definition) is 3. The van der Waals surface area contributed by atoms with Crippen molar-refractivity contribution in [2.75, 3.05) is 6.61 Å². The van der Waals surface area contributed by atoms with Gasteiger partial charge in [0.1, 0.15) is 0 Å². The lowest BCUT2D eigenvalue weighted by atomic mass is 10.0. The van der Waals surface area contributed by atoms with Gasteiger partial charge in [0.25, 0.3) is 0 Å². The van der Waals surface area contributed by atoms with Gasteiger partial charge in [0.15, 0.2) is 0 Å². The molecule has 1 aliphatic heterocycles. The average molecular weight is 266 g/mol.